The molecule has 2 aromatic carbocycles. The highest BCUT2D eigenvalue weighted by Crippen LogP contribution is 2.09. The first kappa shape index (κ1) is 17.1. The number of nitrogens with two attached hydrogens (primary N) is 2. The Morgan fingerprint density at radius 3 is 2.33 bits per heavy atom. The third-order valence-corrected chi connectivity index (χ3v) is 3.51. The van der Waals surface area contributed by atoms with Gasteiger partial charge in [0.05, 0.1) is 0 Å². The van der Waals surface area contributed by atoms with Gasteiger partial charge in [0.2, 0.25) is 5.91 Å². The Balaban J connectivity index is 2.10. The number of hydrogen-bond donors (Lipinski definition) is 3. The Morgan fingerprint density at radius 2 is 1.75 bits per heavy atom. The van der Waals surface area contributed by atoms with Gasteiger partial charge in [0, 0.05) is 22.4 Å². The molecule has 0 saturated heterocycles. The lowest BCUT2D eigenvalue weighted by atomic mass is 10.1. The van der Waals surface area contributed by atoms with Gasteiger partial charge in [-0.05, 0) is 42.8 Å². The van der Waals surface area contributed by atoms with Crippen molar-refractivity contribution < 1.29 is 9.59 Å². The van der Waals surface area contributed by atoms with E-state index in [1.54, 1.807) is 37.3 Å². The van der Waals surface area contributed by atoms with Gasteiger partial charge in [-0.25, -0.2) is 0 Å². The maximum Gasteiger partial charge on any atom is 0.251 e. The smallest absolute Gasteiger partial charge is 0.251 e. The highest BCUT2D eigenvalue weighted by Gasteiger charge is 2.16. The van der Waals surface area contributed by atoms with Crippen LogP contribution < -0.4 is 16.8 Å². The van der Waals surface area contributed by atoms with Crippen molar-refractivity contribution in [2.75, 3.05) is 5.73 Å². The molecule has 122 valence electrons. The molecule has 2 amide bonds. The topological polar surface area (TPSA) is 98.2 Å². The molecule has 0 bridgehead atoms. The summed E-state index contributed by atoms with van der Waals surface area (Å²) in [6, 6.07) is 13.5. The molecule has 0 radical (unpaired) electrons. The van der Waals surface area contributed by atoms with E-state index in [1.807, 2.05) is 18.2 Å². The molecule has 1 unspecified atom stereocenters. The summed E-state index contributed by atoms with van der Waals surface area (Å²) in [7, 11) is 0. The predicted octanol–water partition coefficient (Wildman–Crippen LogP) is 1.66. The van der Waals surface area contributed by atoms with E-state index in [2.05, 4.69) is 17.2 Å². The number of rotatable bonds is 4. The fourth-order valence-corrected chi connectivity index (χ4v) is 2.07. The van der Waals surface area contributed by atoms with E-state index in [1.165, 1.54) is 0 Å². The first-order valence-electron chi connectivity index (χ1n) is 7.58. The highest BCUT2D eigenvalue weighted by molar-refractivity contribution is 5.97. The maximum atomic E-state index is 12.1. The van der Waals surface area contributed by atoms with Crippen molar-refractivity contribution in [1.82, 2.24) is 5.32 Å². The van der Waals surface area contributed by atoms with Crippen molar-refractivity contribution >= 4 is 17.5 Å². The fraction of sp³-hybridized carbons (Fsp3) is 0.158. The molecule has 5 nitrogen and oxygen atoms in total. The van der Waals surface area contributed by atoms with E-state index in [0.29, 0.717) is 17.7 Å². The van der Waals surface area contributed by atoms with Crippen LogP contribution in [0.5, 0.6) is 0 Å². The summed E-state index contributed by atoms with van der Waals surface area (Å²) >= 11 is 0. The molecule has 0 aromatic heterocycles. The van der Waals surface area contributed by atoms with Crippen molar-refractivity contribution in [3.05, 3.63) is 65.2 Å². The number of benzene rings is 2. The van der Waals surface area contributed by atoms with Crippen LogP contribution >= 0.6 is 0 Å². The van der Waals surface area contributed by atoms with E-state index in [4.69, 9.17) is 11.5 Å². The lowest BCUT2D eigenvalue weighted by Gasteiger charge is -2.13. The summed E-state index contributed by atoms with van der Waals surface area (Å²) in [6.45, 7) is 1.78. The second-order valence-corrected chi connectivity index (χ2v) is 5.25. The third-order valence-electron chi connectivity index (χ3n) is 3.51. The Hall–Kier alpha value is -3.26. The number of hydrogen-bond acceptors (Lipinski definition) is 3. The normalized spacial score (nSPS) is 11.0. The van der Waals surface area contributed by atoms with Gasteiger partial charge < -0.3 is 16.8 Å². The molecular formula is C19H19N3O2. The zero-order valence-electron chi connectivity index (χ0n) is 13.4. The lowest BCUT2D eigenvalue weighted by Crippen LogP contribution is -2.43. The molecule has 0 heterocycles. The number of carbonyl (C=O) groups excluding carboxylic acids is 2. The number of primary amides is 1. The molecule has 5 heteroatoms. The quantitative estimate of drug-likeness (QED) is 0.590. The number of para-hydroxylation sites is 1. The van der Waals surface area contributed by atoms with Gasteiger partial charge in [-0.3, -0.25) is 9.59 Å². The maximum absolute atomic E-state index is 12.1. The second-order valence-electron chi connectivity index (χ2n) is 5.25. The largest absolute Gasteiger partial charge is 0.398 e. The monoisotopic (exact) mass is 321 g/mol. The average molecular weight is 321 g/mol. The van der Waals surface area contributed by atoms with Crippen molar-refractivity contribution in [2.45, 2.75) is 19.4 Å². The van der Waals surface area contributed by atoms with E-state index in [9.17, 15) is 9.59 Å². The first-order valence-corrected chi connectivity index (χ1v) is 7.58. The summed E-state index contributed by atoms with van der Waals surface area (Å²) < 4.78 is 0. The molecular weight excluding hydrogens is 302 g/mol. The number of amides is 2. The van der Waals surface area contributed by atoms with Crippen LogP contribution in [0, 0.1) is 11.8 Å². The van der Waals surface area contributed by atoms with Crippen molar-refractivity contribution in [3.63, 3.8) is 0 Å². The minimum Gasteiger partial charge on any atom is -0.398 e. The lowest BCUT2D eigenvalue weighted by molar-refractivity contribution is -0.119. The first-order chi connectivity index (χ1) is 11.5. The summed E-state index contributed by atoms with van der Waals surface area (Å²) in [5, 5.41) is 2.60. The minimum atomic E-state index is -0.668. The Bertz CT molecular complexity index is 801. The molecule has 1 atom stereocenters. The zero-order valence-corrected chi connectivity index (χ0v) is 13.4. The second kappa shape index (κ2) is 7.84. The van der Waals surface area contributed by atoms with Gasteiger partial charge in [-0.15, -0.1) is 0 Å². The van der Waals surface area contributed by atoms with E-state index in [0.717, 1.165) is 11.1 Å². The third kappa shape index (κ3) is 4.37. The summed E-state index contributed by atoms with van der Waals surface area (Å²) in [6.07, 6.45) is 0.448. The van der Waals surface area contributed by atoms with Crippen molar-refractivity contribution in [3.8, 4) is 11.8 Å². The van der Waals surface area contributed by atoms with Gasteiger partial charge in [0.25, 0.3) is 5.91 Å². The number of nitrogens with one attached hydrogen (secondary N) is 1. The zero-order chi connectivity index (χ0) is 17.5. The van der Waals surface area contributed by atoms with Crippen LogP contribution in [0.3, 0.4) is 0 Å². The average Bonchev–Trinajstić information content (AvgIpc) is 2.59. The SMILES string of the molecule is CCC(NC(=O)c1ccc(C#Cc2ccccc2N)cc1)C(N)=O. The molecule has 0 aliphatic heterocycles. The van der Waals surface area contributed by atoms with Crippen LogP contribution in [0.2, 0.25) is 0 Å². The van der Waals surface area contributed by atoms with Gasteiger partial charge >= 0.3 is 0 Å². The molecule has 0 fully saturated rings. The van der Waals surface area contributed by atoms with Crippen LogP contribution in [0.15, 0.2) is 48.5 Å². The molecule has 24 heavy (non-hydrogen) atoms. The van der Waals surface area contributed by atoms with Gasteiger partial charge in [0.1, 0.15) is 6.04 Å². The Kier molecular flexibility index (Phi) is 5.58. The summed E-state index contributed by atoms with van der Waals surface area (Å²) in [5.74, 6) is 5.11. The van der Waals surface area contributed by atoms with Crippen LogP contribution in [-0.4, -0.2) is 17.9 Å². The summed E-state index contributed by atoms with van der Waals surface area (Å²) in [5.41, 5.74) is 13.6. The number of carbonyl (C=O) groups is 2. The van der Waals surface area contributed by atoms with Gasteiger partial charge in [0.15, 0.2) is 0 Å². The summed E-state index contributed by atoms with van der Waals surface area (Å²) in [4.78, 5) is 23.3. The Labute approximate surface area is 141 Å². The van der Waals surface area contributed by atoms with Crippen LogP contribution in [-0.2, 0) is 4.79 Å². The molecule has 0 aliphatic carbocycles. The predicted molar refractivity (Wildman–Crippen MR) is 94.0 cm³/mol. The van der Waals surface area contributed by atoms with Gasteiger partial charge in [-0.1, -0.05) is 30.9 Å². The molecule has 2 aromatic rings. The standard InChI is InChI=1S/C19H19N3O2/c1-2-17(18(21)23)22-19(24)15-11-8-13(9-12-15)7-10-14-5-3-4-6-16(14)20/h3-6,8-9,11-12,17H,2,20H2,1H3,(H2,21,23)(H,22,24). The van der Waals surface area contributed by atoms with Crippen LogP contribution in [0.25, 0.3) is 0 Å². The Morgan fingerprint density at radius 1 is 1.08 bits per heavy atom. The molecule has 5 N–H and O–H groups in total. The molecule has 2 rings (SSSR count). The number of nitrogen functional groups attached to an aromatic ring is 1. The van der Waals surface area contributed by atoms with Gasteiger partial charge in [-0.2, -0.15) is 0 Å². The van der Waals surface area contributed by atoms with E-state index >= 15 is 0 Å². The van der Waals surface area contributed by atoms with Crippen LogP contribution in [0.1, 0.15) is 34.8 Å². The highest BCUT2D eigenvalue weighted by atomic mass is 16.2. The van der Waals surface area contributed by atoms with E-state index in [-0.39, 0.29) is 5.91 Å². The van der Waals surface area contributed by atoms with E-state index < -0.39 is 11.9 Å². The van der Waals surface area contributed by atoms with Crippen molar-refractivity contribution in [1.29, 1.82) is 0 Å². The molecule has 0 saturated carbocycles. The van der Waals surface area contributed by atoms with Crippen molar-refractivity contribution in [2.24, 2.45) is 5.73 Å². The molecule has 0 spiro atoms. The molecule has 0 aliphatic rings. The minimum absolute atomic E-state index is 0.340. The fourth-order valence-electron chi connectivity index (χ4n) is 2.07. The number of anilines is 1. The van der Waals surface area contributed by atoms with Crippen LogP contribution in [0.4, 0.5) is 5.69 Å².